The smallest absolute Gasteiger partial charge is 0.307 e. The number of rotatable bonds is 2. The van der Waals surface area contributed by atoms with E-state index in [1.807, 2.05) is 6.92 Å². The van der Waals surface area contributed by atoms with Gasteiger partial charge in [0, 0.05) is 5.56 Å². The molecule has 0 aliphatic carbocycles. The summed E-state index contributed by atoms with van der Waals surface area (Å²) in [6, 6.07) is 2.95. The lowest BCUT2D eigenvalue weighted by Gasteiger charge is -2.07. The van der Waals surface area contributed by atoms with Crippen LogP contribution in [0.15, 0.2) is 12.1 Å². The van der Waals surface area contributed by atoms with Crippen molar-refractivity contribution in [3.63, 3.8) is 0 Å². The molecule has 13 heavy (non-hydrogen) atoms. The third-order valence-electron chi connectivity index (χ3n) is 2.14. The number of aliphatic carboxylic acids is 1. The number of hydrogen-bond acceptors (Lipinski definition) is 1. The van der Waals surface area contributed by atoms with Crippen LogP contribution in [-0.4, -0.2) is 11.1 Å². The van der Waals surface area contributed by atoms with Crippen LogP contribution in [0.25, 0.3) is 0 Å². The predicted octanol–water partition coefficient (Wildman–Crippen LogP) is 2.07. The summed E-state index contributed by atoms with van der Waals surface area (Å²) >= 11 is 0. The standard InChI is InChI=1S/C10H11FO2/c1-6-3-4-9(11)8(7(6)2)5-10(12)13/h3-4H,5H2,1-2H3,(H,12,13). The van der Waals surface area contributed by atoms with E-state index in [1.165, 1.54) is 6.07 Å². The molecule has 1 N–H and O–H groups in total. The number of hydrogen-bond donors (Lipinski definition) is 1. The van der Waals surface area contributed by atoms with Gasteiger partial charge in [-0.2, -0.15) is 0 Å². The maximum absolute atomic E-state index is 13.1. The van der Waals surface area contributed by atoms with Gasteiger partial charge in [-0.05, 0) is 31.0 Å². The van der Waals surface area contributed by atoms with Gasteiger partial charge in [0.05, 0.1) is 6.42 Å². The molecular formula is C10H11FO2. The summed E-state index contributed by atoms with van der Waals surface area (Å²) in [5.41, 5.74) is 1.92. The van der Waals surface area contributed by atoms with E-state index in [9.17, 15) is 9.18 Å². The number of halogens is 1. The van der Waals surface area contributed by atoms with E-state index in [1.54, 1.807) is 13.0 Å². The molecule has 0 amide bonds. The van der Waals surface area contributed by atoms with E-state index in [0.29, 0.717) is 0 Å². The lowest BCUT2D eigenvalue weighted by molar-refractivity contribution is -0.136. The van der Waals surface area contributed by atoms with Crippen molar-refractivity contribution < 1.29 is 14.3 Å². The summed E-state index contributed by atoms with van der Waals surface area (Å²) in [6.45, 7) is 3.57. The largest absolute Gasteiger partial charge is 0.481 e. The second kappa shape index (κ2) is 3.56. The first-order chi connectivity index (χ1) is 6.02. The van der Waals surface area contributed by atoms with Gasteiger partial charge in [-0.25, -0.2) is 4.39 Å². The van der Waals surface area contributed by atoms with E-state index in [2.05, 4.69) is 0 Å². The van der Waals surface area contributed by atoms with Gasteiger partial charge in [-0.1, -0.05) is 6.07 Å². The average molecular weight is 182 g/mol. The average Bonchev–Trinajstić information content (AvgIpc) is 2.05. The second-order valence-corrected chi connectivity index (χ2v) is 3.04. The third kappa shape index (κ3) is 2.05. The second-order valence-electron chi connectivity index (χ2n) is 3.04. The molecule has 1 rings (SSSR count). The monoisotopic (exact) mass is 182 g/mol. The quantitative estimate of drug-likeness (QED) is 0.760. The van der Waals surface area contributed by atoms with Crippen molar-refractivity contribution in [1.82, 2.24) is 0 Å². The molecule has 0 atom stereocenters. The van der Waals surface area contributed by atoms with E-state index >= 15 is 0 Å². The fourth-order valence-corrected chi connectivity index (χ4v) is 1.21. The fourth-order valence-electron chi connectivity index (χ4n) is 1.21. The normalized spacial score (nSPS) is 10.1. The Morgan fingerprint density at radius 1 is 1.46 bits per heavy atom. The summed E-state index contributed by atoms with van der Waals surface area (Å²) in [5, 5.41) is 8.54. The molecule has 1 aromatic rings. The highest BCUT2D eigenvalue weighted by Crippen LogP contribution is 2.17. The van der Waals surface area contributed by atoms with Gasteiger partial charge >= 0.3 is 5.97 Å². The van der Waals surface area contributed by atoms with Crippen LogP contribution < -0.4 is 0 Å². The molecule has 0 heterocycles. The molecule has 0 unspecified atom stereocenters. The lowest BCUT2D eigenvalue weighted by Crippen LogP contribution is -2.05. The van der Waals surface area contributed by atoms with Crippen LogP contribution in [0.2, 0.25) is 0 Å². The molecule has 0 bridgehead atoms. The molecule has 0 aliphatic heterocycles. The van der Waals surface area contributed by atoms with Gasteiger partial charge in [0.1, 0.15) is 5.82 Å². The van der Waals surface area contributed by atoms with Crippen molar-refractivity contribution in [3.8, 4) is 0 Å². The van der Waals surface area contributed by atoms with E-state index < -0.39 is 11.8 Å². The summed E-state index contributed by atoms with van der Waals surface area (Å²) in [6.07, 6.45) is -0.251. The molecule has 70 valence electrons. The van der Waals surface area contributed by atoms with Crippen LogP contribution >= 0.6 is 0 Å². The Kier molecular flexibility index (Phi) is 2.66. The summed E-state index contributed by atoms with van der Waals surface area (Å²) < 4.78 is 13.1. The van der Waals surface area contributed by atoms with Crippen molar-refractivity contribution in [1.29, 1.82) is 0 Å². The van der Waals surface area contributed by atoms with E-state index in [4.69, 9.17) is 5.11 Å². The Balaban J connectivity index is 3.17. The minimum Gasteiger partial charge on any atom is -0.481 e. The molecule has 3 heteroatoms. The van der Waals surface area contributed by atoms with Crippen molar-refractivity contribution in [2.75, 3.05) is 0 Å². The predicted molar refractivity (Wildman–Crippen MR) is 47.2 cm³/mol. The SMILES string of the molecule is Cc1ccc(F)c(CC(=O)O)c1C. The lowest BCUT2D eigenvalue weighted by atomic mass is 10.0. The number of benzene rings is 1. The molecule has 0 saturated carbocycles. The molecule has 0 spiro atoms. The third-order valence-corrected chi connectivity index (χ3v) is 2.14. The topological polar surface area (TPSA) is 37.3 Å². The molecule has 2 nitrogen and oxygen atoms in total. The number of carboxylic acids is 1. The van der Waals surface area contributed by atoms with Crippen molar-refractivity contribution in [2.24, 2.45) is 0 Å². The van der Waals surface area contributed by atoms with Gasteiger partial charge in [0.2, 0.25) is 0 Å². The Morgan fingerprint density at radius 2 is 2.08 bits per heavy atom. The summed E-state index contributed by atoms with van der Waals surface area (Å²) in [5.74, 6) is -1.45. The van der Waals surface area contributed by atoms with Gasteiger partial charge in [0.15, 0.2) is 0 Å². The number of aryl methyl sites for hydroxylation is 1. The molecular weight excluding hydrogens is 171 g/mol. The number of carbonyl (C=O) groups is 1. The summed E-state index contributed by atoms with van der Waals surface area (Å²) in [4.78, 5) is 10.4. The zero-order valence-electron chi connectivity index (χ0n) is 7.60. The zero-order chi connectivity index (χ0) is 10.0. The van der Waals surface area contributed by atoms with Crippen LogP contribution in [0.3, 0.4) is 0 Å². The Hall–Kier alpha value is -1.38. The van der Waals surface area contributed by atoms with Crippen LogP contribution in [-0.2, 0) is 11.2 Å². The highest BCUT2D eigenvalue weighted by atomic mass is 19.1. The van der Waals surface area contributed by atoms with Crippen LogP contribution in [0.1, 0.15) is 16.7 Å². The van der Waals surface area contributed by atoms with Crippen LogP contribution in [0.5, 0.6) is 0 Å². The molecule has 0 fully saturated rings. The molecule has 0 radical (unpaired) electrons. The van der Waals surface area contributed by atoms with Gasteiger partial charge in [0.25, 0.3) is 0 Å². The molecule has 1 aromatic carbocycles. The van der Waals surface area contributed by atoms with Gasteiger partial charge in [-0.3, -0.25) is 4.79 Å². The first-order valence-corrected chi connectivity index (χ1v) is 3.98. The first-order valence-electron chi connectivity index (χ1n) is 3.98. The Morgan fingerprint density at radius 3 is 2.62 bits per heavy atom. The number of carboxylic acid groups (broad SMARTS) is 1. The fraction of sp³-hybridized carbons (Fsp3) is 0.300. The first kappa shape index (κ1) is 9.71. The highest BCUT2D eigenvalue weighted by Gasteiger charge is 2.10. The summed E-state index contributed by atoms with van der Waals surface area (Å²) in [7, 11) is 0. The van der Waals surface area contributed by atoms with E-state index in [0.717, 1.165) is 11.1 Å². The molecule has 0 aromatic heterocycles. The van der Waals surface area contributed by atoms with E-state index in [-0.39, 0.29) is 12.0 Å². The minimum absolute atomic E-state index is 0.251. The Labute approximate surface area is 76.0 Å². The maximum Gasteiger partial charge on any atom is 0.307 e. The molecule has 0 aliphatic rings. The maximum atomic E-state index is 13.1. The van der Waals surface area contributed by atoms with Crippen molar-refractivity contribution >= 4 is 5.97 Å². The van der Waals surface area contributed by atoms with Crippen molar-refractivity contribution in [2.45, 2.75) is 20.3 Å². The highest BCUT2D eigenvalue weighted by molar-refractivity contribution is 5.71. The molecule has 0 saturated heterocycles. The van der Waals surface area contributed by atoms with Gasteiger partial charge < -0.3 is 5.11 Å². The van der Waals surface area contributed by atoms with Gasteiger partial charge in [-0.15, -0.1) is 0 Å². The van der Waals surface area contributed by atoms with Crippen LogP contribution in [0.4, 0.5) is 4.39 Å². The Bertz CT molecular complexity index is 345. The minimum atomic E-state index is -1.01. The van der Waals surface area contributed by atoms with Crippen LogP contribution in [0, 0.1) is 19.7 Å². The zero-order valence-corrected chi connectivity index (χ0v) is 7.60. The van der Waals surface area contributed by atoms with Crippen molar-refractivity contribution in [3.05, 3.63) is 34.6 Å².